The van der Waals surface area contributed by atoms with Crippen LogP contribution in [0.5, 0.6) is 0 Å². The van der Waals surface area contributed by atoms with Crippen LogP contribution in [0, 0.1) is 11.7 Å². The molecule has 0 heterocycles. The second kappa shape index (κ2) is 9.29. The lowest BCUT2D eigenvalue weighted by atomic mass is 9.89. The van der Waals surface area contributed by atoms with E-state index in [9.17, 15) is 17.6 Å². The highest BCUT2D eigenvalue weighted by molar-refractivity contribution is 7.88. The van der Waals surface area contributed by atoms with Crippen LogP contribution in [0.1, 0.15) is 37.7 Å². The zero-order chi connectivity index (χ0) is 18.3. The third-order valence-electron chi connectivity index (χ3n) is 4.67. The fourth-order valence-electron chi connectivity index (χ4n) is 3.16. The molecule has 5 nitrogen and oxygen atoms in total. The minimum Gasteiger partial charge on any atom is -0.355 e. The van der Waals surface area contributed by atoms with Gasteiger partial charge < -0.3 is 5.32 Å². The number of rotatable bonds is 8. The van der Waals surface area contributed by atoms with Crippen molar-refractivity contribution < 1.29 is 17.6 Å². The Morgan fingerprint density at radius 2 is 1.80 bits per heavy atom. The first-order valence-corrected chi connectivity index (χ1v) is 10.7. The zero-order valence-corrected chi connectivity index (χ0v) is 15.5. The number of carbonyl (C=O) groups is 1. The van der Waals surface area contributed by atoms with Crippen molar-refractivity contribution in [2.75, 3.05) is 25.9 Å². The van der Waals surface area contributed by atoms with Crippen molar-refractivity contribution in [3.8, 4) is 0 Å². The van der Waals surface area contributed by atoms with Crippen LogP contribution >= 0.6 is 0 Å². The number of nitrogens with zero attached hydrogens (tertiary/aromatic N) is 1. The number of sulfonamides is 1. The van der Waals surface area contributed by atoms with Crippen LogP contribution in [0.2, 0.25) is 0 Å². The summed E-state index contributed by atoms with van der Waals surface area (Å²) in [6, 6.07) is 6.04. The molecule has 0 radical (unpaired) electrons. The van der Waals surface area contributed by atoms with Crippen molar-refractivity contribution in [2.45, 2.75) is 38.5 Å². The van der Waals surface area contributed by atoms with Crippen molar-refractivity contribution in [1.82, 2.24) is 9.62 Å². The lowest BCUT2D eigenvalue weighted by Gasteiger charge is -2.23. The molecule has 1 fully saturated rings. The van der Waals surface area contributed by atoms with E-state index in [0.717, 1.165) is 31.2 Å². The van der Waals surface area contributed by atoms with Crippen molar-refractivity contribution in [1.29, 1.82) is 0 Å². The van der Waals surface area contributed by atoms with Gasteiger partial charge in [0.15, 0.2) is 0 Å². The molecule has 1 aliphatic rings. The molecule has 2 rings (SSSR count). The first-order chi connectivity index (χ1) is 11.9. The summed E-state index contributed by atoms with van der Waals surface area (Å²) < 4.78 is 38.2. The molecular weight excluding hydrogens is 343 g/mol. The highest BCUT2D eigenvalue weighted by Gasteiger charge is 2.21. The number of benzene rings is 1. The molecule has 0 aliphatic heterocycles. The van der Waals surface area contributed by atoms with Gasteiger partial charge in [-0.3, -0.25) is 4.79 Å². The van der Waals surface area contributed by atoms with E-state index in [4.69, 9.17) is 0 Å². The van der Waals surface area contributed by atoms with Crippen molar-refractivity contribution in [3.63, 3.8) is 0 Å². The van der Waals surface area contributed by atoms with Crippen LogP contribution in [0.4, 0.5) is 4.39 Å². The van der Waals surface area contributed by atoms with Crippen molar-refractivity contribution >= 4 is 15.9 Å². The summed E-state index contributed by atoms with van der Waals surface area (Å²) >= 11 is 0. The SMILES string of the molecule is CS(=O)(=O)N(CCNC(=O)C1CCCCC1)CCc1ccc(F)cc1. The summed E-state index contributed by atoms with van der Waals surface area (Å²) in [5.41, 5.74) is 0.876. The van der Waals surface area contributed by atoms with Gasteiger partial charge in [0, 0.05) is 25.6 Å². The topological polar surface area (TPSA) is 66.5 Å². The number of hydrogen-bond donors (Lipinski definition) is 1. The maximum Gasteiger partial charge on any atom is 0.223 e. The smallest absolute Gasteiger partial charge is 0.223 e. The molecule has 0 unspecified atom stereocenters. The van der Waals surface area contributed by atoms with Crippen LogP contribution in [-0.4, -0.2) is 44.5 Å². The monoisotopic (exact) mass is 370 g/mol. The van der Waals surface area contributed by atoms with Crippen LogP contribution in [0.3, 0.4) is 0 Å². The molecule has 25 heavy (non-hydrogen) atoms. The molecule has 1 amide bonds. The molecule has 1 aromatic rings. The average Bonchev–Trinajstić information content (AvgIpc) is 2.59. The lowest BCUT2D eigenvalue weighted by Crippen LogP contribution is -2.41. The van der Waals surface area contributed by atoms with Crippen LogP contribution in [0.25, 0.3) is 0 Å². The fraction of sp³-hybridized carbons (Fsp3) is 0.611. The average molecular weight is 370 g/mol. The molecule has 0 bridgehead atoms. The van der Waals surface area contributed by atoms with Gasteiger partial charge in [-0.05, 0) is 37.0 Å². The number of hydrogen-bond acceptors (Lipinski definition) is 3. The molecule has 1 aromatic carbocycles. The Labute approximate surface area is 149 Å². The summed E-state index contributed by atoms with van der Waals surface area (Å²) in [5, 5.41) is 2.87. The molecule has 1 aliphatic carbocycles. The Bertz CT molecular complexity index is 655. The number of carbonyl (C=O) groups excluding carboxylic acids is 1. The second-order valence-corrected chi connectivity index (χ2v) is 8.65. The number of nitrogens with one attached hydrogen (secondary N) is 1. The molecule has 1 saturated carbocycles. The molecule has 0 saturated heterocycles. The van der Waals surface area contributed by atoms with Crippen LogP contribution < -0.4 is 5.32 Å². The molecule has 140 valence electrons. The van der Waals surface area contributed by atoms with Gasteiger partial charge in [0.05, 0.1) is 6.26 Å². The predicted octanol–water partition coefficient (Wildman–Crippen LogP) is 2.33. The summed E-state index contributed by atoms with van der Waals surface area (Å²) in [5.74, 6) is -0.208. The Kier molecular flexibility index (Phi) is 7.38. The van der Waals surface area contributed by atoms with Crippen LogP contribution in [-0.2, 0) is 21.2 Å². The standard InChI is InChI=1S/C18H27FN2O3S/c1-25(23,24)21(13-11-15-7-9-17(19)10-8-15)14-12-20-18(22)16-5-3-2-4-6-16/h7-10,16H,2-6,11-14H2,1H3,(H,20,22). The summed E-state index contributed by atoms with van der Waals surface area (Å²) in [6.07, 6.45) is 6.88. The summed E-state index contributed by atoms with van der Waals surface area (Å²) in [4.78, 5) is 12.1. The second-order valence-electron chi connectivity index (χ2n) is 6.66. The Balaban J connectivity index is 1.81. The molecule has 7 heteroatoms. The van der Waals surface area contributed by atoms with Gasteiger partial charge in [0.1, 0.15) is 5.82 Å². The highest BCUT2D eigenvalue weighted by Crippen LogP contribution is 2.23. The van der Waals surface area contributed by atoms with Gasteiger partial charge in [0.2, 0.25) is 15.9 Å². The predicted molar refractivity (Wildman–Crippen MR) is 96.1 cm³/mol. The van der Waals surface area contributed by atoms with Gasteiger partial charge in [-0.1, -0.05) is 31.4 Å². The van der Waals surface area contributed by atoms with Gasteiger partial charge in [-0.2, -0.15) is 0 Å². The Morgan fingerprint density at radius 1 is 1.16 bits per heavy atom. The van der Waals surface area contributed by atoms with E-state index < -0.39 is 10.0 Å². The van der Waals surface area contributed by atoms with E-state index >= 15 is 0 Å². The quantitative estimate of drug-likeness (QED) is 0.764. The maximum absolute atomic E-state index is 12.9. The third-order valence-corrected chi connectivity index (χ3v) is 5.97. The van der Waals surface area contributed by atoms with Crippen molar-refractivity contribution in [3.05, 3.63) is 35.6 Å². The third kappa shape index (κ3) is 6.74. The number of halogens is 1. The van der Waals surface area contributed by atoms with E-state index in [1.807, 2.05) is 0 Å². The highest BCUT2D eigenvalue weighted by atomic mass is 32.2. The van der Waals surface area contributed by atoms with Gasteiger partial charge >= 0.3 is 0 Å². The molecule has 0 spiro atoms. The normalized spacial score (nSPS) is 16.1. The van der Waals surface area contributed by atoms with Gasteiger partial charge in [-0.25, -0.2) is 17.1 Å². The first-order valence-electron chi connectivity index (χ1n) is 8.83. The minimum atomic E-state index is -3.36. The zero-order valence-electron chi connectivity index (χ0n) is 14.7. The van der Waals surface area contributed by atoms with Gasteiger partial charge in [0.25, 0.3) is 0 Å². The first kappa shape index (κ1) is 19.8. The van der Waals surface area contributed by atoms with E-state index in [-0.39, 0.29) is 24.2 Å². The Hall–Kier alpha value is -1.47. The minimum absolute atomic E-state index is 0.0340. The van der Waals surface area contributed by atoms with Gasteiger partial charge in [-0.15, -0.1) is 0 Å². The molecule has 0 aromatic heterocycles. The Morgan fingerprint density at radius 3 is 2.40 bits per heavy atom. The summed E-state index contributed by atoms with van der Waals surface area (Å²) in [6.45, 7) is 0.869. The lowest BCUT2D eigenvalue weighted by molar-refractivity contribution is -0.125. The van der Waals surface area contributed by atoms with E-state index in [1.165, 1.54) is 29.1 Å². The van der Waals surface area contributed by atoms with Crippen LogP contribution in [0.15, 0.2) is 24.3 Å². The maximum atomic E-state index is 12.9. The molecular formula is C18H27FN2O3S. The molecule has 1 N–H and O–H groups in total. The van der Waals surface area contributed by atoms with E-state index in [1.54, 1.807) is 12.1 Å². The van der Waals surface area contributed by atoms with Crippen molar-refractivity contribution in [2.24, 2.45) is 5.92 Å². The molecule has 0 atom stereocenters. The summed E-state index contributed by atoms with van der Waals surface area (Å²) in [7, 11) is -3.36. The number of amides is 1. The fourth-order valence-corrected chi connectivity index (χ4v) is 4.01. The van der Waals surface area contributed by atoms with E-state index in [2.05, 4.69) is 5.32 Å². The van der Waals surface area contributed by atoms with E-state index in [0.29, 0.717) is 19.5 Å². The largest absolute Gasteiger partial charge is 0.355 e.